The number of nitrogens with zero attached hydrogens (tertiary/aromatic N) is 4. The molecule has 2 aromatic heterocycles. The van der Waals surface area contributed by atoms with Crippen LogP contribution in [-0.2, 0) is 17.9 Å². The minimum Gasteiger partial charge on any atom is -0.334 e. The molecule has 0 saturated carbocycles. The van der Waals surface area contributed by atoms with E-state index in [1.165, 1.54) is 6.33 Å². The van der Waals surface area contributed by atoms with Crippen molar-refractivity contribution >= 4 is 38.4 Å². The lowest BCUT2D eigenvalue weighted by Crippen LogP contribution is -2.19. The highest BCUT2D eigenvalue weighted by Gasteiger charge is 2.14. The highest BCUT2D eigenvalue weighted by molar-refractivity contribution is 9.10. The average molecular weight is 424 g/mol. The van der Waals surface area contributed by atoms with Gasteiger partial charge in [-0.15, -0.1) is 0 Å². The van der Waals surface area contributed by atoms with Gasteiger partial charge in [0.2, 0.25) is 5.91 Å². The maximum absolute atomic E-state index is 12.6. The van der Waals surface area contributed by atoms with Crippen molar-refractivity contribution in [3.63, 3.8) is 0 Å². The quantitative estimate of drug-likeness (QED) is 0.527. The van der Waals surface area contributed by atoms with E-state index < -0.39 is 0 Å². The Labute approximate surface area is 165 Å². The number of aromatic nitrogens is 4. The number of anilines is 1. The lowest BCUT2D eigenvalue weighted by Gasteiger charge is -2.10. The first-order chi connectivity index (χ1) is 13.1. The van der Waals surface area contributed by atoms with Crippen molar-refractivity contribution in [2.24, 2.45) is 0 Å². The first-order valence-electron chi connectivity index (χ1n) is 8.56. The van der Waals surface area contributed by atoms with Gasteiger partial charge in [-0.1, -0.05) is 30.3 Å². The molecule has 0 aliphatic rings. The molecule has 0 aliphatic carbocycles. The van der Waals surface area contributed by atoms with Crippen LogP contribution in [0, 0.1) is 6.92 Å². The number of para-hydroxylation sites is 1. The molecule has 6 nitrogen and oxygen atoms in total. The molecule has 0 bridgehead atoms. The largest absolute Gasteiger partial charge is 0.334 e. The van der Waals surface area contributed by atoms with Gasteiger partial charge in [0.15, 0.2) is 0 Å². The topological polar surface area (TPSA) is 64.7 Å². The Bertz CT molecular complexity index is 1100. The Balaban J connectivity index is 1.51. The Kier molecular flexibility index (Phi) is 4.77. The molecular formula is C20H18BrN5O. The summed E-state index contributed by atoms with van der Waals surface area (Å²) in [5, 5.41) is 8.21. The van der Waals surface area contributed by atoms with E-state index in [1.54, 1.807) is 11.0 Å². The fraction of sp³-hybridized carbons (Fsp3) is 0.150. The van der Waals surface area contributed by atoms with Gasteiger partial charge in [0.05, 0.1) is 6.54 Å². The molecule has 2 aromatic carbocycles. The van der Waals surface area contributed by atoms with Crippen molar-refractivity contribution in [3.05, 3.63) is 76.9 Å². The summed E-state index contributed by atoms with van der Waals surface area (Å²) in [6.07, 6.45) is 3.18. The van der Waals surface area contributed by atoms with E-state index in [0.29, 0.717) is 6.54 Å². The molecule has 136 valence electrons. The second-order valence-electron chi connectivity index (χ2n) is 6.34. The molecule has 0 aliphatic heterocycles. The van der Waals surface area contributed by atoms with Crippen molar-refractivity contribution in [1.82, 2.24) is 19.3 Å². The van der Waals surface area contributed by atoms with Crippen molar-refractivity contribution in [1.29, 1.82) is 0 Å². The second-order valence-corrected chi connectivity index (χ2v) is 7.14. The van der Waals surface area contributed by atoms with Gasteiger partial charge in [-0.05, 0) is 46.6 Å². The van der Waals surface area contributed by atoms with Crippen LogP contribution in [0.4, 0.5) is 5.69 Å². The third-order valence-electron chi connectivity index (χ3n) is 4.48. The molecular weight excluding hydrogens is 406 g/mol. The van der Waals surface area contributed by atoms with Crippen molar-refractivity contribution in [2.45, 2.75) is 20.0 Å². The lowest BCUT2D eigenvalue weighted by atomic mass is 10.2. The zero-order chi connectivity index (χ0) is 18.8. The highest BCUT2D eigenvalue weighted by atomic mass is 79.9. The fourth-order valence-corrected chi connectivity index (χ4v) is 3.73. The minimum atomic E-state index is -0.0655. The monoisotopic (exact) mass is 423 g/mol. The summed E-state index contributed by atoms with van der Waals surface area (Å²) < 4.78 is 4.79. The molecule has 0 atom stereocenters. The van der Waals surface area contributed by atoms with Gasteiger partial charge in [0.1, 0.15) is 19.2 Å². The van der Waals surface area contributed by atoms with Crippen LogP contribution in [0.1, 0.15) is 11.3 Å². The molecule has 0 fully saturated rings. The molecule has 4 aromatic rings. The van der Waals surface area contributed by atoms with E-state index in [1.807, 2.05) is 54.0 Å². The summed E-state index contributed by atoms with van der Waals surface area (Å²) in [4.78, 5) is 16.6. The van der Waals surface area contributed by atoms with Gasteiger partial charge >= 0.3 is 0 Å². The zero-order valence-electron chi connectivity index (χ0n) is 14.8. The molecule has 4 rings (SSSR count). The lowest BCUT2D eigenvalue weighted by molar-refractivity contribution is -0.116. The summed E-state index contributed by atoms with van der Waals surface area (Å²) >= 11 is 3.63. The Hall–Kier alpha value is -2.93. The molecule has 2 heterocycles. The number of hydrogen-bond acceptors (Lipinski definition) is 3. The van der Waals surface area contributed by atoms with Gasteiger partial charge in [-0.2, -0.15) is 5.10 Å². The molecule has 0 radical (unpaired) electrons. The highest BCUT2D eigenvalue weighted by Crippen LogP contribution is 2.30. The van der Waals surface area contributed by atoms with E-state index in [9.17, 15) is 4.79 Å². The van der Waals surface area contributed by atoms with Crippen LogP contribution in [0.3, 0.4) is 0 Å². The molecule has 0 saturated heterocycles. The van der Waals surface area contributed by atoms with Crippen LogP contribution < -0.4 is 5.32 Å². The molecule has 0 unspecified atom stereocenters. The maximum Gasteiger partial charge on any atom is 0.244 e. The zero-order valence-corrected chi connectivity index (χ0v) is 16.3. The number of fused-ring (bicyclic) bond motifs is 1. The van der Waals surface area contributed by atoms with Crippen molar-refractivity contribution < 1.29 is 4.79 Å². The average Bonchev–Trinajstić information content (AvgIpc) is 3.25. The van der Waals surface area contributed by atoms with Crippen molar-refractivity contribution in [3.8, 4) is 0 Å². The van der Waals surface area contributed by atoms with Gasteiger partial charge in [-0.25, -0.2) is 9.67 Å². The van der Waals surface area contributed by atoms with E-state index in [-0.39, 0.29) is 12.5 Å². The molecule has 1 N–H and O–H groups in total. The van der Waals surface area contributed by atoms with Crippen LogP contribution in [0.25, 0.3) is 10.9 Å². The Morgan fingerprint density at radius 3 is 2.85 bits per heavy atom. The standard InChI is InChI=1S/C20H18BrN5O/c1-14-20(21)17-7-2-3-8-18(17)26(14)11-19(27)24-16-6-4-5-15(9-16)10-25-13-22-12-23-25/h2-9,12-13H,10-11H2,1H3,(H,24,27). The van der Waals surface area contributed by atoms with Crippen LogP contribution in [0.2, 0.25) is 0 Å². The number of carbonyl (C=O) groups is 1. The van der Waals surface area contributed by atoms with Crippen LogP contribution in [0.15, 0.2) is 65.7 Å². The van der Waals surface area contributed by atoms with E-state index in [2.05, 4.69) is 37.4 Å². The molecule has 0 spiro atoms. The van der Waals surface area contributed by atoms with Crippen LogP contribution >= 0.6 is 15.9 Å². The smallest absolute Gasteiger partial charge is 0.244 e. The predicted molar refractivity (Wildman–Crippen MR) is 109 cm³/mol. The Morgan fingerprint density at radius 1 is 1.19 bits per heavy atom. The number of rotatable bonds is 5. The summed E-state index contributed by atoms with van der Waals surface area (Å²) in [5.74, 6) is -0.0655. The fourth-order valence-electron chi connectivity index (χ4n) is 3.19. The second kappa shape index (κ2) is 7.36. The number of nitrogens with one attached hydrogen (secondary N) is 1. The number of hydrogen-bond donors (Lipinski definition) is 1. The third kappa shape index (κ3) is 3.64. The maximum atomic E-state index is 12.6. The van der Waals surface area contributed by atoms with Crippen molar-refractivity contribution in [2.75, 3.05) is 5.32 Å². The van der Waals surface area contributed by atoms with Gasteiger partial charge < -0.3 is 9.88 Å². The van der Waals surface area contributed by atoms with E-state index >= 15 is 0 Å². The predicted octanol–water partition coefficient (Wildman–Crippen LogP) is 3.99. The molecule has 7 heteroatoms. The minimum absolute atomic E-state index is 0.0655. The summed E-state index contributed by atoms with van der Waals surface area (Å²) in [5.41, 5.74) is 3.89. The summed E-state index contributed by atoms with van der Waals surface area (Å²) in [6, 6.07) is 15.8. The first kappa shape index (κ1) is 17.5. The number of benzene rings is 2. The summed E-state index contributed by atoms with van der Waals surface area (Å²) in [7, 11) is 0. The van der Waals surface area contributed by atoms with Crippen LogP contribution in [-0.4, -0.2) is 25.2 Å². The normalized spacial score (nSPS) is 11.0. The summed E-state index contributed by atoms with van der Waals surface area (Å²) in [6.45, 7) is 2.87. The van der Waals surface area contributed by atoms with Gasteiger partial charge in [-0.3, -0.25) is 4.79 Å². The van der Waals surface area contributed by atoms with Gasteiger partial charge in [0, 0.05) is 26.8 Å². The number of halogens is 1. The third-order valence-corrected chi connectivity index (χ3v) is 5.48. The first-order valence-corrected chi connectivity index (χ1v) is 9.35. The van der Waals surface area contributed by atoms with E-state index in [4.69, 9.17) is 0 Å². The SMILES string of the molecule is Cc1c(Br)c2ccccc2n1CC(=O)Nc1cccc(Cn2cncn2)c1. The molecule has 1 amide bonds. The van der Waals surface area contributed by atoms with Gasteiger partial charge in [0.25, 0.3) is 0 Å². The Morgan fingerprint density at radius 2 is 2.04 bits per heavy atom. The number of amides is 1. The van der Waals surface area contributed by atoms with Crippen LogP contribution in [0.5, 0.6) is 0 Å². The van der Waals surface area contributed by atoms with E-state index in [0.717, 1.165) is 32.3 Å². The number of carbonyl (C=O) groups excluding carboxylic acids is 1. The molecule has 27 heavy (non-hydrogen) atoms.